The first-order valence-corrected chi connectivity index (χ1v) is 10.2. The molecule has 0 aliphatic rings. The number of nitrogens with zero attached hydrogens (tertiary/aromatic N) is 2. The summed E-state index contributed by atoms with van der Waals surface area (Å²) in [5.74, 6) is -0.403. The predicted octanol–water partition coefficient (Wildman–Crippen LogP) is 4.10. The van der Waals surface area contributed by atoms with E-state index in [9.17, 15) is 13.2 Å². The Hall–Kier alpha value is -1.35. The zero-order valence-electron chi connectivity index (χ0n) is 14.7. The Labute approximate surface area is 173 Å². The lowest BCUT2D eigenvalue weighted by Crippen LogP contribution is -2.28. The molecule has 0 unspecified atom stereocenters. The molecule has 10 heteroatoms. The summed E-state index contributed by atoms with van der Waals surface area (Å²) in [5, 5.41) is 0.730. The van der Waals surface area contributed by atoms with Crippen LogP contribution in [0.3, 0.4) is 0 Å². The van der Waals surface area contributed by atoms with Gasteiger partial charge in [-0.2, -0.15) is 0 Å². The zero-order chi connectivity index (χ0) is 20.4. The molecule has 0 spiro atoms. The molecule has 0 N–H and O–H groups in total. The van der Waals surface area contributed by atoms with Crippen LogP contribution in [0.4, 0.5) is 0 Å². The van der Waals surface area contributed by atoms with E-state index < -0.39 is 15.9 Å². The molecule has 0 radical (unpaired) electrons. The molecular weight excluding hydrogens is 435 g/mol. The lowest BCUT2D eigenvalue weighted by molar-refractivity contribution is -0.0258. The number of hydrogen-bond donors (Lipinski definition) is 0. The Bertz CT molecular complexity index is 967. The largest absolute Gasteiger partial charge is 0.337 e. The third kappa shape index (κ3) is 4.74. The third-order valence-electron chi connectivity index (χ3n) is 3.84. The Morgan fingerprint density at radius 1 is 1.07 bits per heavy atom. The van der Waals surface area contributed by atoms with Crippen LogP contribution in [0.5, 0.6) is 0 Å². The van der Waals surface area contributed by atoms with Gasteiger partial charge in [-0.25, -0.2) is 8.42 Å². The van der Waals surface area contributed by atoms with Gasteiger partial charge in [-0.05, 0) is 29.8 Å². The van der Waals surface area contributed by atoms with Crippen LogP contribution >= 0.6 is 34.8 Å². The van der Waals surface area contributed by atoms with Gasteiger partial charge in [0.2, 0.25) is 0 Å². The summed E-state index contributed by atoms with van der Waals surface area (Å²) in [7, 11) is 0.0111. The van der Waals surface area contributed by atoms with Gasteiger partial charge in [0.05, 0.1) is 22.2 Å². The van der Waals surface area contributed by atoms with E-state index in [4.69, 9.17) is 39.6 Å². The topological polar surface area (TPSA) is 66.9 Å². The second-order valence-electron chi connectivity index (χ2n) is 5.62. The van der Waals surface area contributed by atoms with Crippen molar-refractivity contribution in [3.8, 4) is 0 Å². The number of hydroxylamine groups is 1. The van der Waals surface area contributed by atoms with Crippen LogP contribution < -0.4 is 0 Å². The van der Waals surface area contributed by atoms with Gasteiger partial charge in [0, 0.05) is 26.2 Å². The van der Waals surface area contributed by atoms with E-state index in [1.165, 1.54) is 37.3 Å². The molecule has 0 aliphatic carbocycles. The van der Waals surface area contributed by atoms with Gasteiger partial charge >= 0.3 is 0 Å². The van der Waals surface area contributed by atoms with E-state index >= 15 is 0 Å². The molecule has 0 heterocycles. The van der Waals surface area contributed by atoms with Gasteiger partial charge in [0.15, 0.2) is 0 Å². The summed E-state index contributed by atoms with van der Waals surface area (Å²) in [6, 6.07) is 9.15. The predicted molar refractivity (Wildman–Crippen MR) is 106 cm³/mol. The average Bonchev–Trinajstić information content (AvgIpc) is 2.64. The maximum Gasteiger partial charge on any atom is 0.266 e. The quantitative estimate of drug-likeness (QED) is 0.620. The van der Waals surface area contributed by atoms with Crippen LogP contribution in [-0.2, 0) is 21.4 Å². The minimum Gasteiger partial charge on any atom is -0.337 e. The second kappa shape index (κ2) is 8.77. The Morgan fingerprint density at radius 3 is 2.37 bits per heavy atom. The smallest absolute Gasteiger partial charge is 0.266 e. The molecule has 27 heavy (non-hydrogen) atoms. The van der Waals surface area contributed by atoms with Crippen molar-refractivity contribution >= 4 is 50.7 Å². The number of halogens is 3. The molecule has 1 amide bonds. The molecule has 146 valence electrons. The lowest BCUT2D eigenvalue weighted by Gasteiger charge is -2.20. The molecule has 6 nitrogen and oxygen atoms in total. The van der Waals surface area contributed by atoms with Crippen molar-refractivity contribution in [2.75, 3.05) is 21.2 Å². The van der Waals surface area contributed by atoms with Crippen molar-refractivity contribution in [3.05, 3.63) is 62.6 Å². The first-order chi connectivity index (χ1) is 12.6. The fourth-order valence-corrected chi connectivity index (χ4v) is 4.14. The van der Waals surface area contributed by atoms with Crippen molar-refractivity contribution in [3.63, 3.8) is 0 Å². The van der Waals surface area contributed by atoms with Gasteiger partial charge in [0.1, 0.15) is 4.90 Å². The van der Waals surface area contributed by atoms with Gasteiger partial charge in [-0.15, -0.1) is 0 Å². The van der Waals surface area contributed by atoms with E-state index in [2.05, 4.69) is 0 Å². The van der Waals surface area contributed by atoms with Crippen LogP contribution in [-0.4, -0.2) is 44.9 Å². The van der Waals surface area contributed by atoms with Crippen LogP contribution in [0.1, 0.15) is 15.9 Å². The number of sulfonamides is 1. The molecule has 2 rings (SSSR count). The van der Waals surface area contributed by atoms with Crippen LogP contribution in [0.2, 0.25) is 15.1 Å². The molecule has 0 bridgehead atoms. The number of benzene rings is 2. The van der Waals surface area contributed by atoms with Crippen LogP contribution in [0, 0.1) is 0 Å². The van der Waals surface area contributed by atoms with Crippen molar-refractivity contribution in [2.45, 2.75) is 11.4 Å². The minimum atomic E-state index is -4.00. The fraction of sp³-hybridized carbons (Fsp3) is 0.235. The van der Waals surface area contributed by atoms with Crippen molar-refractivity contribution < 1.29 is 18.0 Å². The van der Waals surface area contributed by atoms with Crippen LogP contribution in [0.25, 0.3) is 0 Å². The molecule has 0 aliphatic heterocycles. The van der Waals surface area contributed by atoms with Crippen molar-refractivity contribution in [2.24, 2.45) is 0 Å². The highest BCUT2D eigenvalue weighted by atomic mass is 35.5. The highest BCUT2D eigenvalue weighted by Gasteiger charge is 2.26. The van der Waals surface area contributed by atoms with Crippen molar-refractivity contribution in [1.82, 2.24) is 9.37 Å². The SMILES string of the molecule is CON(C)S(=O)(=O)c1cc(C(=O)N(C)Cc2cccc(Cl)c2Cl)ccc1Cl. The second-order valence-corrected chi connectivity index (χ2v) is 8.71. The molecule has 0 saturated heterocycles. The standard InChI is InChI=1S/C17H17Cl3N2O4S/c1-21(10-12-5-4-6-14(19)16(12)20)17(23)11-7-8-13(18)15(9-11)27(24,25)22(2)26-3/h4-9H,10H2,1-3H3. The maximum atomic E-state index is 12.7. The lowest BCUT2D eigenvalue weighted by atomic mass is 10.1. The summed E-state index contributed by atoms with van der Waals surface area (Å²) in [4.78, 5) is 18.7. The number of carbonyl (C=O) groups is 1. The Kier molecular flexibility index (Phi) is 7.13. The molecular formula is C17H17Cl3N2O4S. The van der Waals surface area contributed by atoms with Gasteiger partial charge in [-0.1, -0.05) is 51.4 Å². The van der Waals surface area contributed by atoms with E-state index in [0.29, 0.717) is 20.1 Å². The Balaban J connectivity index is 2.34. The molecule has 2 aromatic carbocycles. The average molecular weight is 452 g/mol. The molecule has 0 saturated carbocycles. The number of carbonyl (C=O) groups excluding carboxylic acids is 1. The molecule has 2 aromatic rings. The maximum absolute atomic E-state index is 12.7. The summed E-state index contributed by atoms with van der Waals surface area (Å²) < 4.78 is 25.6. The van der Waals surface area contributed by atoms with E-state index in [0.717, 1.165) is 0 Å². The van der Waals surface area contributed by atoms with Gasteiger partial charge in [-0.3, -0.25) is 9.63 Å². The number of amides is 1. The summed E-state index contributed by atoms with van der Waals surface area (Å²) in [5.41, 5.74) is 0.823. The number of hydrogen-bond acceptors (Lipinski definition) is 4. The molecule has 0 aromatic heterocycles. The van der Waals surface area contributed by atoms with Gasteiger partial charge in [0.25, 0.3) is 15.9 Å². The monoisotopic (exact) mass is 450 g/mol. The summed E-state index contributed by atoms with van der Waals surface area (Å²) in [6.07, 6.45) is 0. The van der Waals surface area contributed by atoms with Gasteiger partial charge < -0.3 is 4.90 Å². The van der Waals surface area contributed by atoms with E-state index in [1.807, 2.05) is 0 Å². The third-order valence-corrected chi connectivity index (χ3v) is 6.86. The number of rotatable bonds is 6. The Morgan fingerprint density at radius 2 is 1.74 bits per heavy atom. The summed E-state index contributed by atoms with van der Waals surface area (Å²) >= 11 is 18.2. The van der Waals surface area contributed by atoms with Crippen molar-refractivity contribution in [1.29, 1.82) is 0 Å². The highest BCUT2D eigenvalue weighted by Crippen LogP contribution is 2.28. The first-order valence-electron chi connectivity index (χ1n) is 7.60. The zero-order valence-corrected chi connectivity index (χ0v) is 17.8. The normalized spacial score (nSPS) is 11.7. The fourth-order valence-electron chi connectivity index (χ4n) is 2.29. The molecule has 0 atom stereocenters. The van der Waals surface area contributed by atoms with E-state index in [1.54, 1.807) is 25.2 Å². The molecule has 0 fully saturated rings. The first kappa shape index (κ1) is 21.9. The summed E-state index contributed by atoms with van der Waals surface area (Å²) in [6.45, 7) is 0.195. The highest BCUT2D eigenvalue weighted by molar-refractivity contribution is 7.89. The van der Waals surface area contributed by atoms with Crippen LogP contribution in [0.15, 0.2) is 41.3 Å². The van der Waals surface area contributed by atoms with E-state index in [-0.39, 0.29) is 22.0 Å². The minimum absolute atomic E-state index is 0.0176.